The molecule has 0 aliphatic carbocycles. The second kappa shape index (κ2) is 5.00. The van der Waals surface area contributed by atoms with Gasteiger partial charge in [-0.05, 0) is 17.7 Å². The van der Waals surface area contributed by atoms with Crippen LogP contribution in [0, 0.1) is 0 Å². The van der Waals surface area contributed by atoms with Gasteiger partial charge in [0.2, 0.25) is 0 Å². The average molecular weight is 244 g/mol. The van der Waals surface area contributed by atoms with Crippen molar-refractivity contribution in [1.29, 1.82) is 0 Å². The molecule has 0 bridgehead atoms. The minimum absolute atomic E-state index is 0.00873. The summed E-state index contributed by atoms with van der Waals surface area (Å²) in [7, 11) is -2.57. The second-order valence-electron chi connectivity index (χ2n) is 3.08. The summed E-state index contributed by atoms with van der Waals surface area (Å²) < 4.78 is 34.3. The lowest BCUT2D eigenvalue weighted by atomic mass is 10.2. The molecule has 0 heterocycles. The van der Waals surface area contributed by atoms with Crippen LogP contribution in [0.5, 0.6) is 11.5 Å². The summed E-state index contributed by atoms with van der Waals surface area (Å²) >= 11 is 0. The molecule has 0 aliphatic rings. The van der Waals surface area contributed by atoms with E-state index in [0.717, 1.165) is 0 Å². The van der Waals surface area contributed by atoms with E-state index in [1.807, 2.05) is 0 Å². The van der Waals surface area contributed by atoms with Crippen LogP contribution < -0.4 is 4.74 Å². The van der Waals surface area contributed by atoms with Gasteiger partial charge in [0.1, 0.15) is 0 Å². The first-order chi connectivity index (χ1) is 7.42. The maximum atomic E-state index is 10.4. The van der Waals surface area contributed by atoms with E-state index in [1.165, 1.54) is 25.3 Å². The molecule has 2 N–H and O–H groups in total. The van der Waals surface area contributed by atoms with E-state index in [2.05, 4.69) is 0 Å². The third kappa shape index (κ3) is 3.92. The molecule has 16 heavy (non-hydrogen) atoms. The summed E-state index contributed by atoms with van der Waals surface area (Å²) in [5, 5.41) is 9.30. The summed E-state index contributed by atoms with van der Waals surface area (Å²) in [5.41, 5.74) is 0.665. The number of methoxy groups -OCH3 is 1. The number of phenolic OH excluding ortho intramolecular Hbond substituents is 1. The molecule has 0 aromatic heterocycles. The SMILES string of the molecule is COc1cc(C=CCS(=O)(=O)O)ccc1O. The molecule has 0 atom stereocenters. The average Bonchev–Trinajstić information content (AvgIpc) is 2.18. The van der Waals surface area contributed by atoms with Crippen LogP contribution in [0.4, 0.5) is 0 Å². The van der Waals surface area contributed by atoms with Crippen LogP contribution in [0.25, 0.3) is 6.08 Å². The van der Waals surface area contributed by atoms with Crippen molar-refractivity contribution in [2.24, 2.45) is 0 Å². The molecule has 1 aromatic rings. The highest BCUT2D eigenvalue weighted by Gasteiger charge is 2.02. The van der Waals surface area contributed by atoms with E-state index in [-0.39, 0.29) is 5.75 Å². The van der Waals surface area contributed by atoms with Gasteiger partial charge in [-0.15, -0.1) is 0 Å². The van der Waals surface area contributed by atoms with Crippen LogP contribution in [0.3, 0.4) is 0 Å². The maximum Gasteiger partial charge on any atom is 0.268 e. The smallest absolute Gasteiger partial charge is 0.268 e. The van der Waals surface area contributed by atoms with Gasteiger partial charge in [0.25, 0.3) is 10.1 Å². The van der Waals surface area contributed by atoms with Crippen molar-refractivity contribution < 1.29 is 22.8 Å². The van der Waals surface area contributed by atoms with Crippen molar-refractivity contribution in [3.63, 3.8) is 0 Å². The Kier molecular flexibility index (Phi) is 3.92. The number of rotatable bonds is 4. The summed E-state index contributed by atoms with van der Waals surface area (Å²) in [6.45, 7) is 0. The standard InChI is InChI=1S/C10H12O5S/c1-15-10-7-8(4-5-9(10)11)3-2-6-16(12,13)14/h2-5,7,11H,6H2,1H3,(H,12,13,14). The number of phenols is 1. The predicted octanol–water partition coefficient (Wildman–Crippen LogP) is 1.30. The van der Waals surface area contributed by atoms with Crippen molar-refractivity contribution in [2.75, 3.05) is 12.9 Å². The molecular weight excluding hydrogens is 232 g/mol. The van der Waals surface area contributed by atoms with Crippen LogP contribution >= 0.6 is 0 Å². The van der Waals surface area contributed by atoms with Crippen LogP contribution in [-0.4, -0.2) is 30.9 Å². The first kappa shape index (κ1) is 12.5. The van der Waals surface area contributed by atoms with Crippen molar-refractivity contribution in [2.45, 2.75) is 0 Å². The first-order valence-corrected chi connectivity index (χ1v) is 6.02. The third-order valence-corrected chi connectivity index (χ3v) is 2.43. The number of hydrogen-bond acceptors (Lipinski definition) is 4. The lowest BCUT2D eigenvalue weighted by Crippen LogP contribution is -1.99. The summed E-state index contributed by atoms with van der Waals surface area (Å²) in [6.07, 6.45) is 2.82. The van der Waals surface area contributed by atoms with Crippen LogP contribution in [0.2, 0.25) is 0 Å². The van der Waals surface area contributed by atoms with Crippen LogP contribution in [0.1, 0.15) is 5.56 Å². The molecule has 0 unspecified atom stereocenters. The number of ether oxygens (including phenoxy) is 1. The van der Waals surface area contributed by atoms with Gasteiger partial charge in [-0.3, -0.25) is 4.55 Å². The normalized spacial score (nSPS) is 11.9. The fourth-order valence-electron chi connectivity index (χ4n) is 1.10. The van der Waals surface area contributed by atoms with Gasteiger partial charge in [-0.2, -0.15) is 8.42 Å². The zero-order chi connectivity index (χ0) is 12.2. The lowest BCUT2D eigenvalue weighted by Gasteiger charge is -2.03. The van der Waals surface area contributed by atoms with Crippen molar-refractivity contribution in [1.82, 2.24) is 0 Å². The summed E-state index contributed by atoms with van der Waals surface area (Å²) in [5.74, 6) is -0.139. The van der Waals surface area contributed by atoms with Crippen molar-refractivity contribution >= 4 is 16.2 Å². The molecule has 0 spiro atoms. The van der Waals surface area contributed by atoms with Gasteiger partial charge in [-0.1, -0.05) is 18.2 Å². The van der Waals surface area contributed by atoms with Gasteiger partial charge in [0.15, 0.2) is 11.5 Å². The number of hydrogen-bond donors (Lipinski definition) is 2. The van der Waals surface area contributed by atoms with E-state index in [9.17, 15) is 13.5 Å². The molecule has 0 radical (unpaired) electrons. The molecule has 1 rings (SSSR count). The van der Waals surface area contributed by atoms with Crippen molar-refractivity contribution in [3.8, 4) is 11.5 Å². The third-order valence-electron chi connectivity index (χ3n) is 1.82. The largest absolute Gasteiger partial charge is 0.504 e. The Labute approximate surface area is 93.7 Å². The quantitative estimate of drug-likeness (QED) is 0.780. The Hall–Kier alpha value is -1.53. The van der Waals surface area contributed by atoms with Crippen molar-refractivity contribution in [3.05, 3.63) is 29.8 Å². The van der Waals surface area contributed by atoms with E-state index in [1.54, 1.807) is 12.1 Å². The maximum absolute atomic E-state index is 10.4. The highest BCUT2D eigenvalue weighted by atomic mass is 32.2. The summed E-state index contributed by atoms with van der Waals surface area (Å²) in [6, 6.07) is 4.58. The van der Waals surface area contributed by atoms with Gasteiger partial charge in [0.05, 0.1) is 12.9 Å². The minimum atomic E-state index is -3.99. The Morgan fingerprint density at radius 1 is 1.44 bits per heavy atom. The Morgan fingerprint density at radius 3 is 2.69 bits per heavy atom. The number of aromatic hydroxyl groups is 1. The van der Waals surface area contributed by atoms with E-state index < -0.39 is 15.9 Å². The van der Waals surface area contributed by atoms with Crippen LogP contribution in [-0.2, 0) is 10.1 Å². The molecular formula is C10H12O5S. The topological polar surface area (TPSA) is 83.8 Å². The molecule has 0 fully saturated rings. The van der Waals surface area contributed by atoms with E-state index in [4.69, 9.17) is 9.29 Å². The van der Waals surface area contributed by atoms with Gasteiger partial charge in [0, 0.05) is 0 Å². The molecule has 88 valence electrons. The zero-order valence-electron chi connectivity index (χ0n) is 8.62. The fraction of sp³-hybridized carbons (Fsp3) is 0.200. The monoisotopic (exact) mass is 244 g/mol. The molecule has 0 aliphatic heterocycles. The van der Waals surface area contributed by atoms with Gasteiger partial charge < -0.3 is 9.84 Å². The molecule has 0 saturated carbocycles. The molecule has 6 heteroatoms. The molecule has 5 nitrogen and oxygen atoms in total. The fourth-order valence-corrected chi connectivity index (χ4v) is 1.44. The van der Waals surface area contributed by atoms with Gasteiger partial charge in [-0.25, -0.2) is 0 Å². The zero-order valence-corrected chi connectivity index (χ0v) is 9.44. The Morgan fingerprint density at radius 2 is 2.12 bits per heavy atom. The highest BCUT2D eigenvalue weighted by Crippen LogP contribution is 2.26. The lowest BCUT2D eigenvalue weighted by molar-refractivity contribution is 0.373. The van der Waals surface area contributed by atoms with E-state index >= 15 is 0 Å². The Bertz CT molecular complexity index is 490. The van der Waals surface area contributed by atoms with Gasteiger partial charge >= 0.3 is 0 Å². The highest BCUT2D eigenvalue weighted by molar-refractivity contribution is 7.85. The molecule has 1 aromatic carbocycles. The Balaban J connectivity index is 2.82. The van der Waals surface area contributed by atoms with E-state index in [0.29, 0.717) is 11.3 Å². The summed E-state index contributed by atoms with van der Waals surface area (Å²) in [4.78, 5) is 0. The molecule has 0 saturated heterocycles. The second-order valence-corrected chi connectivity index (χ2v) is 4.58. The first-order valence-electron chi connectivity index (χ1n) is 4.41. The number of benzene rings is 1. The minimum Gasteiger partial charge on any atom is -0.504 e. The molecule has 0 amide bonds. The predicted molar refractivity (Wildman–Crippen MR) is 60.1 cm³/mol. The van der Waals surface area contributed by atoms with Crippen LogP contribution in [0.15, 0.2) is 24.3 Å².